The molecular formula is C13H10BrFOS. The SMILES string of the molecule is OCc1cc(F)ccc1Sc1ccccc1Br. The quantitative estimate of drug-likeness (QED) is 0.915. The Hall–Kier alpha value is -0.840. The lowest BCUT2D eigenvalue weighted by atomic mass is 10.2. The van der Waals surface area contributed by atoms with Crippen molar-refractivity contribution in [3.63, 3.8) is 0 Å². The number of halogens is 2. The summed E-state index contributed by atoms with van der Waals surface area (Å²) < 4.78 is 14.0. The second kappa shape index (κ2) is 5.67. The minimum absolute atomic E-state index is 0.162. The molecule has 1 N–H and O–H groups in total. The maximum Gasteiger partial charge on any atom is 0.123 e. The second-order valence-electron chi connectivity index (χ2n) is 3.44. The fourth-order valence-corrected chi connectivity index (χ4v) is 2.88. The van der Waals surface area contributed by atoms with Crippen LogP contribution < -0.4 is 0 Å². The number of hydrogen-bond acceptors (Lipinski definition) is 2. The lowest BCUT2D eigenvalue weighted by molar-refractivity contribution is 0.278. The summed E-state index contributed by atoms with van der Waals surface area (Å²) in [6, 6.07) is 12.2. The molecule has 0 aliphatic carbocycles. The normalized spacial score (nSPS) is 10.5. The molecule has 0 spiro atoms. The van der Waals surface area contributed by atoms with Crippen LogP contribution in [-0.2, 0) is 6.61 Å². The van der Waals surface area contributed by atoms with E-state index in [0.717, 1.165) is 14.3 Å². The zero-order chi connectivity index (χ0) is 12.3. The Morgan fingerprint density at radius 3 is 2.59 bits per heavy atom. The Balaban J connectivity index is 2.33. The van der Waals surface area contributed by atoms with Crippen molar-refractivity contribution in [2.45, 2.75) is 16.4 Å². The Morgan fingerprint density at radius 2 is 1.88 bits per heavy atom. The second-order valence-corrected chi connectivity index (χ2v) is 5.38. The van der Waals surface area contributed by atoms with Gasteiger partial charge in [0.1, 0.15) is 5.82 Å². The van der Waals surface area contributed by atoms with Crippen LogP contribution >= 0.6 is 27.7 Å². The Kier molecular flexibility index (Phi) is 4.20. The highest BCUT2D eigenvalue weighted by Crippen LogP contribution is 2.35. The first-order valence-electron chi connectivity index (χ1n) is 5.02. The van der Waals surface area contributed by atoms with E-state index in [1.165, 1.54) is 23.9 Å². The summed E-state index contributed by atoms with van der Waals surface area (Å²) in [5.74, 6) is -0.328. The monoisotopic (exact) mass is 312 g/mol. The zero-order valence-corrected chi connectivity index (χ0v) is 11.3. The number of rotatable bonds is 3. The van der Waals surface area contributed by atoms with E-state index in [0.29, 0.717) is 5.56 Å². The van der Waals surface area contributed by atoms with Crippen molar-refractivity contribution < 1.29 is 9.50 Å². The molecule has 2 aromatic rings. The van der Waals surface area contributed by atoms with E-state index < -0.39 is 0 Å². The predicted molar refractivity (Wildman–Crippen MR) is 70.6 cm³/mol. The highest BCUT2D eigenvalue weighted by Gasteiger charge is 2.07. The molecule has 4 heteroatoms. The molecule has 1 nitrogen and oxygen atoms in total. The lowest BCUT2D eigenvalue weighted by Crippen LogP contribution is -1.89. The Labute approximate surface area is 112 Å². The molecule has 0 amide bonds. The third-order valence-corrected chi connectivity index (χ3v) is 4.40. The van der Waals surface area contributed by atoms with Gasteiger partial charge in [0.25, 0.3) is 0 Å². The minimum atomic E-state index is -0.328. The van der Waals surface area contributed by atoms with Gasteiger partial charge in [0.15, 0.2) is 0 Å². The molecule has 0 unspecified atom stereocenters. The van der Waals surface area contributed by atoms with Crippen molar-refractivity contribution >= 4 is 27.7 Å². The van der Waals surface area contributed by atoms with Crippen molar-refractivity contribution in [1.82, 2.24) is 0 Å². The topological polar surface area (TPSA) is 20.2 Å². The van der Waals surface area contributed by atoms with Crippen LogP contribution in [0.25, 0.3) is 0 Å². The fraction of sp³-hybridized carbons (Fsp3) is 0.0769. The minimum Gasteiger partial charge on any atom is -0.392 e. The van der Waals surface area contributed by atoms with Crippen molar-refractivity contribution in [2.75, 3.05) is 0 Å². The summed E-state index contributed by atoms with van der Waals surface area (Å²) in [5, 5.41) is 9.20. The molecule has 0 aliphatic rings. The first-order valence-corrected chi connectivity index (χ1v) is 6.63. The van der Waals surface area contributed by atoms with Crippen LogP contribution in [0.15, 0.2) is 56.7 Å². The number of aliphatic hydroxyl groups excluding tert-OH is 1. The van der Waals surface area contributed by atoms with Gasteiger partial charge in [0.05, 0.1) is 6.61 Å². The molecule has 0 saturated carbocycles. The molecule has 0 aliphatic heterocycles. The molecule has 88 valence electrons. The van der Waals surface area contributed by atoms with Gasteiger partial charge in [0.2, 0.25) is 0 Å². The smallest absolute Gasteiger partial charge is 0.123 e. The number of aliphatic hydroxyl groups is 1. The zero-order valence-electron chi connectivity index (χ0n) is 8.86. The molecule has 0 radical (unpaired) electrons. The summed E-state index contributed by atoms with van der Waals surface area (Å²) in [7, 11) is 0. The van der Waals surface area contributed by atoms with E-state index >= 15 is 0 Å². The van der Waals surface area contributed by atoms with Crippen LogP contribution in [0.4, 0.5) is 4.39 Å². The standard InChI is InChI=1S/C13H10BrFOS/c14-11-3-1-2-4-13(11)17-12-6-5-10(15)7-9(12)8-16/h1-7,16H,8H2. The van der Waals surface area contributed by atoms with Gasteiger partial charge in [-0.2, -0.15) is 0 Å². The third-order valence-electron chi connectivity index (χ3n) is 2.25. The lowest BCUT2D eigenvalue weighted by Gasteiger charge is -2.08. The maximum absolute atomic E-state index is 13.0. The molecule has 0 heterocycles. The molecule has 0 fully saturated rings. The largest absolute Gasteiger partial charge is 0.392 e. The highest BCUT2D eigenvalue weighted by molar-refractivity contribution is 9.10. The van der Waals surface area contributed by atoms with Crippen LogP contribution in [0.1, 0.15) is 5.56 Å². The molecule has 0 saturated heterocycles. The van der Waals surface area contributed by atoms with Gasteiger partial charge in [-0.15, -0.1) is 0 Å². The van der Waals surface area contributed by atoms with Crippen LogP contribution in [0.3, 0.4) is 0 Å². The molecule has 0 bridgehead atoms. The summed E-state index contributed by atoms with van der Waals surface area (Å²) in [6.45, 7) is -0.162. The molecule has 0 atom stereocenters. The Bertz CT molecular complexity index is 531. The van der Waals surface area contributed by atoms with E-state index in [-0.39, 0.29) is 12.4 Å². The molecule has 0 aromatic heterocycles. The van der Waals surface area contributed by atoms with Gasteiger partial charge in [-0.1, -0.05) is 23.9 Å². The molecule has 17 heavy (non-hydrogen) atoms. The van der Waals surface area contributed by atoms with Crippen molar-refractivity contribution in [1.29, 1.82) is 0 Å². The summed E-state index contributed by atoms with van der Waals surface area (Å²) in [6.07, 6.45) is 0. The molecule has 2 aromatic carbocycles. The summed E-state index contributed by atoms with van der Waals surface area (Å²) >= 11 is 4.96. The average molecular weight is 313 g/mol. The van der Waals surface area contributed by atoms with Gasteiger partial charge in [-0.25, -0.2) is 4.39 Å². The van der Waals surface area contributed by atoms with E-state index in [1.807, 2.05) is 24.3 Å². The van der Waals surface area contributed by atoms with Gasteiger partial charge >= 0.3 is 0 Å². The number of hydrogen-bond donors (Lipinski definition) is 1. The first kappa shape index (κ1) is 12.6. The van der Waals surface area contributed by atoms with Crippen LogP contribution in [0, 0.1) is 5.82 Å². The van der Waals surface area contributed by atoms with Gasteiger partial charge in [-0.05, 0) is 51.8 Å². The highest BCUT2D eigenvalue weighted by atomic mass is 79.9. The van der Waals surface area contributed by atoms with E-state index in [2.05, 4.69) is 15.9 Å². The van der Waals surface area contributed by atoms with E-state index in [1.54, 1.807) is 6.07 Å². The van der Waals surface area contributed by atoms with Gasteiger partial charge in [-0.3, -0.25) is 0 Å². The third kappa shape index (κ3) is 3.09. The predicted octanol–water partition coefficient (Wildman–Crippen LogP) is 4.23. The van der Waals surface area contributed by atoms with Crippen molar-refractivity contribution in [2.24, 2.45) is 0 Å². The first-order chi connectivity index (χ1) is 8.20. The fourth-order valence-electron chi connectivity index (χ4n) is 1.42. The van der Waals surface area contributed by atoms with Crippen LogP contribution in [0.2, 0.25) is 0 Å². The van der Waals surface area contributed by atoms with Crippen molar-refractivity contribution in [3.05, 3.63) is 58.3 Å². The molecule has 2 rings (SSSR count). The van der Waals surface area contributed by atoms with Gasteiger partial charge in [0, 0.05) is 14.3 Å². The summed E-state index contributed by atoms with van der Waals surface area (Å²) in [4.78, 5) is 1.90. The maximum atomic E-state index is 13.0. The molecular weight excluding hydrogens is 303 g/mol. The number of benzene rings is 2. The Morgan fingerprint density at radius 1 is 1.12 bits per heavy atom. The summed E-state index contributed by atoms with van der Waals surface area (Å²) in [5.41, 5.74) is 0.603. The van der Waals surface area contributed by atoms with Crippen LogP contribution in [0.5, 0.6) is 0 Å². The van der Waals surface area contributed by atoms with Gasteiger partial charge < -0.3 is 5.11 Å². The van der Waals surface area contributed by atoms with E-state index in [9.17, 15) is 9.50 Å². The average Bonchev–Trinajstić information content (AvgIpc) is 2.34. The van der Waals surface area contributed by atoms with E-state index in [4.69, 9.17) is 0 Å². The van der Waals surface area contributed by atoms with Crippen LogP contribution in [-0.4, -0.2) is 5.11 Å². The van der Waals surface area contributed by atoms with Crippen molar-refractivity contribution in [3.8, 4) is 0 Å².